The van der Waals surface area contributed by atoms with Crippen LogP contribution in [0.15, 0.2) is 35.2 Å². The van der Waals surface area contributed by atoms with Crippen LogP contribution in [0.2, 0.25) is 0 Å². The maximum Gasteiger partial charge on any atom is 0.339 e. The summed E-state index contributed by atoms with van der Waals surface area (Å²) in [5.74, 6) is -3.02. The second kappa shape index (κ2) is 9.16. The van der Waals surface area contributed by atoms with Gasteiger partial charge in [0.1, 0.15) is 23.9 Å². The first-order valence-corrected chi connectivity index (χ1v) is 14.4. The molecule has 1 aromatic rings. The third-order valence-corrected chi connectivity index (χ3v) is 11.0. The lowest BCUT2D eigenvalue weighted by atomic mass is 9.37. The van der Waals surface area contributed by atoms with E-state index in [1.54, 1.807) is 12.3 Å². The molecule has 1 spiro atoms. The zero-order valence-electron chi connectivity index (χ0n) is 25.0. The molecule has 1 aromatic heterocycles. The summed E-state index contributed by atoms with van der Waals surface area (Å²) in [5.41, 5.74) is -4.05. The number of furan rings is 1. The minimum atomic E-state index is -1.16. The number of rotatable bonds is 5. The van der Waals surface area contributed by atoms with Gasteiger partial charge in [-0.3, -0.25) is 9.59 Å². The van der Waals surface area contributed by atoms with Crippen molar-refractivity contribution in [3.05, 3.63) is 36.3 Å². The van der Waals surface area contributed by atoms with Crippen LogP contribution >= 0.6 is 0 Å². The van der Waals surface area contributed by atoms with Gasteiger partial charge in [-0.15, -0.1) is 0 Å². The van der Waals surface area contributed by atoms with Crippen LogP contribution in [-0.2, 0) is 47.6 Å². The van der Waals surface area contributed by atoms with Crippen LogP contribution in [-0.4, -0.2) is 67.1 Å². The molecule has 0 amide bonds. The van der Waals surface area contributed by atoms with E-state index in [0.29, 0.717) is 18.4 Å². The van der Waals surface area contributed by atoms with Gasteiger partial charge in [-0.2, -0.15) is 0 Å². The first-order valence-electron chi connectivity index (χ1n) is 14.4. The Labute approximate surface area is 244 Å². The van der Waals surface area contributed by atoms with E-state index >= 15 is 0 Å². The Kier molecular flexibility index (Phi) is 6.31. The van der Waals surface area contributed by atoms with E-state index in [1.807, 2.05) is 33.8 Å². The number of fused-ring (bicyclic) bond motifs is 3. The minimum absolute atomic E-state index is 0.204. The Balaban J connectivity index is 1.62. The molecule has 0 bridgehead atoms. The van der Waals surface area contributed by atoms with Crippen LogP contribution in [0.1, 0.15) is 66.1 Å². The summed E-state index contributed by atoms with van der Waals surface area (Å²) < 4.78 is 41.6. The van der Waals surface area contributed by atoms with Crippen molar-refractivity contribution in [2.75, 3.05) is 13.7 Å². The van der Waals surface area contributed by atoms with Gasteiger partial charge in [0.2, 0.25) is 0 Å². The molecule has 2 aliphatic carbocycles. The maximum atomic E-state index is 13.5. The highest BCUT2D eigenvalue weighted by Crippen LogP contribution is 2.80. The molecule has 11 heteroatoms. The lowest BCUT2D eigenvalue weighted by Crippen LogP contribution is -2.76. The fraction of sp³-hybridized carbons (Fsp3) is 0.677. The smallest absolute Gasteiger partial charge is 0.339 e. The van der Waals surface area contributed by atoms with E-state index in [9.17, 15) is 19.2 Å². The largest absolute Gasteiger partial charge is 0.472 e. The van der Waals surface area contributed by atoms with Gasteiger partial charge in [-0.1, -0.05) is 19.9 Å². The summed E-state index contributed by atoms with van der Waals surface area (Å²) in [6.07, 6.45) is 3.84. The van der Waals surface area contributed by atoms with Gasteiger partial charge in [-0.05, 0) is 38.7 Å². The fourth-order valence-corrected chi connectivity index (χ4v) is 9.67. The Morgan fingerprint density at radius 2 is 1.76 bits per heavy atom. The number of hydrogen-bond donors (Lipinski definition) is 0. The maximum absolute atomic E-state index is 13.5. The van der Waals surface area contributed by atoms with Gasteiger partial charge < -0.3 is 32.8 Å². The molecule has 0 N–H and O–H groups in total. The van der Waals surface area contributed by atoms with E-state index in [-0.39, 0.29) is 12.5 Å². The average molecular weight is 587 g/mol. The molecule has 4 heterocycles. The number of carbonyl (C=O) groups is 4. The molecular formula is C31H38O11. The predicted octanol–water partition coefficient (Wildman–Crippen LogP) is 3.46. The molecule has 5 aliphatic rings. The van der Waals surface area contributed by atoms with Crippen LogP contribution < -0.4 is 0 Å². The highest BCUT2D eigenvalue weighted by Gasteiger charge is 2.90. The summed E-state index contributed by atoms with van der Waals surface area (Å²) in [6.45, 7) is 10.6. The van der Waals surface area contributed by atoms with E-state index in [1.165, 1.54) is 33.3 Å². The van der Waals surface area contributed by atoms with E-state index in [0.717, 1.165) is 0 Å². The minimum Gasteiger partial charge on any atom is -0.472 e. The second-order valence-corrected chi connectivity index (χ2v) is 13.3. The van der Waals surface area contributed by atoms with Crippen molar-refractivity contribution in [2.45, 2.75) is 90.0 Å². The second-order valence-electron chi connectivity index (χ2n) is 13.3. The van der Waals surface area contributed by atoms with Crippen LogP contribution in [0.5, 0.6) is 0 Å². The standard InChI is InChI=1S/C31H38O11/c1-16(32)39-21-22-27(3,4)38-15-30(22,12-9-20(34)36-7)19-8-11-28(5)23(18-10-13-37-14-18)41-26(35)25-31(28,42-25)29(19,6)24(21)40-17(2)33/h9-10,12-14,19,21-25H,8,11,15H2,1-7H3/b12-9-. The van der Waals surface area contributed by atoms with Crippen molar-refractivity contribution in [1.29, 1.82) is 0 Å². The van der Waals surface area contributed by atoms with Gasteiger partial charge in [0.05, 0.1) is 31.8 Å². The lowest BCUT2D eigenvalue weighted by molar-refractivity contribution is -0.274. The number of cyclic esters (lactones) is 1. The third-order valence-electron chi connectivity index (χ3n) is 11.0. The van der Waals surface area contributed by atoms with Gasteiger partial charge in [0, 0.05) is 47.6 Å². The molecule has 3 saturated heterocycles. The molecule has 0 radical (unpaired) electrons. The van der Waals surface area contributed by atoms with Crippen molar-refractivity contribution in [2.24, 2.45) is 28.1 Å². The Bertz CT molecular complexity index is 1350. The normalized spacial score (nSPS) is 44.6. The van der Waals surface area contributed by atoms with Crippen LogP contribution in [0.3, 0.4) is 0 Å². The topological polar surface area (TPSA) is 140 Å². The van der Waals surface area contributed by atoms with Crippen LogP contribution in [0.25, 0.3) is 0 Å². The molecule has 10 unspecified atom stereocenters. The van der Waals surface area contributed by atoms with Crippen molar-refractivity contribution in [3.63, 3.8) is 0 Å². The number of hydrogen-bond acceptors (Lipinski definition) is 11. The first-order chi connectivity index (χ1) is 19.7. The highest BCUT2D eigenvalue weighted by molar-refractivity contribution is 5.83. The predicted molar refractivity (Wildman–Crippen MR) is 142 cm³/mol. The van der Waals surface area contributed by atoms with Crippen molar-refractivity contribution < 1.29 is 52.0 Å². The average Bonchev–Trinajstić information content (AvgIpc) is 3.37. The van der Waals surface area contributed by atoms with Gasteiger partial charge in [0.25, 0.3) is 0 Å². The zero-order valence-corrected chi connectivity index (χ0v) is 25.0. The number of carbonyl (C=O) groups excluding carboxylic acids is 4. The van der Waals surface area contributed by atoms with Crippen LogP contribution in [0.4, 0.5) is 0 Å². The van der Waals surface area contributed by atoms with Gasteiger partial charge in [-0.25, -0.2) is 9.59 Å². The van der Waals surface area contributed by atoms with E-state index < -0.39 is 81.7 Å². The molecule has 3 aliphatic heterocycles. The van der Waals surface area contributed by atoms with Crippen molar-refractivity contribution >= 4 is 23.9 Å². The van der Waals surface area contributed by atoms with Crippen molar-refractivity contribution in [3.8, 4) is 0 Å². The number of methoxy groups -OCH3 is 1. The zero-order chi connectivity index (χ0) is 30.5. The highest BCUT2D eigenvalue weighted by atomic mass is 16.7. The monoisotopic (exact) mass is 586 g/mol. The molecule has 0 aromatic carbocycles. The quantitative estimate of drug-likeness (QED) is 0.217. The number of epoxide rings is 1. The molecule has 2 saturated carbocycles. The lowest BCUT2D eigenvalue weighted by Gasteiger charge is -2.67. The first kappa shape index (κ1) is 28.9. The number of ether oxygens (including phenoxy) is 6. The van der Waals surface area contributed by atoms with E-state index in [4.69, 9.17) is 32.8 Å². The summed E-state index contributed by atoms with van der Waals surface area (Å²) >= 11 is 0. The molecule has 42 heavy (non-hydrogen) atoms. The molecule has 228 valence electrons. The van der Waals surface area contributed by atoms with Crippen molar-refractivity contribution in [1.82, 2.24) is 0 Å². The summed E-state index contributed by atoms with van der Waals surface area (Å²) in [4.78, 5) is 51.5. The molecule has 11 nitrogen and oxygen atoms in total. The molecule has 6 rings (SSSR count). The van der Waals surface area contributed by atoms with Gasteiger partial charge >= 0.3 is 23.9 Å². The van der Waals surface area contributed by atoms with E-state index in [2.05, 4.69) is 0 Å². The summed E-state index contributed by atoms with van der Waals surface area (Å²) in [6, 6.07) is 1.77. The SMILES string of the molecule is COC(=O)/C=C\C12COC(C)(C)C1C(OC(C)=O)C(OC(C)=O)C1(C)C2CCC2(C)C(c3ccoc3)OC(=O)C3OC321. The Morgan fingerprint density at radius 1 is 1.05 bits per heavy atom. The summed E-state index contributed by atoms with van der Waals surface area (Å²) in [7, 11) is 1.30. The Morgan fingerprint density at radius 3 is 2.38 bits per heavy atom. The fourth-order valence-electron chi connectivity index (χ4n) is 9.67. The molecule has 5 fully saturated rings. The van der Waals surface area contributed by atoms with Gasteiger partial charge in [0.15, 0.2) is 6.10 Å². The molecular weight excluding hydrogens is 548 g/mol. The Hall–Kier alpha value is -3.18. The number of esters is 4. The summed E-state index contributed by atoms with van der Waals surface area (Å²) in [5, 5.41) is 0. The molecule has 10 atom stereocenters. The van der Waals surface area contributed by atoms with Crippen LogP contribution in [0, 0.1) is 28.1 Å². The third kappa shape index (κ3) is 3.52.